The third kappa shape index (κ3) is 2.75. The van der Waals surface area contributed by atoms with Crippen LogP contribution in [-0.4, -0.2) is 36.4 Å². The van der Waals surface area contributed by atoms with Gasteiger partial charge >= 0.3 is 0 Å². The quantitative estimate of drug-likeness (QED) is 0.847. The van der Waals surface area contributed by atoms with Gasteiger partial charge in [0.25, 0.3) is 5.91 Å². The SMILES string of the molecule is Cc1nn(C)c(C)c1C(=O)N(Cc1nn(C)c2c1CCC2)C1CCCC1. The van der Waals surface area contributed by atoms with E-state index in [1.807, 2.05) is 37.3 Å². The van der Waals surface area contributed by atoms with Crippen LogP contribution in [0, 0.1) is 13.8 Å². The predicted molar refractivity (Wildman–Crippen MR) is 100 cm³/mol. The molecule has 1 fully saturated rings. The summed E-state index contributed by atoms with van der Waals surface area (Å²) >= 11 is 0. The van der Waals surface area contributed by atoms with Gasteiger partial charge in [-0.05, 0) is 51.5 Å². The highest BCUT2D eigenvalue weighted by atomic mass is 16.2. The Balaban J connectivity index is 1.69. The molecule has 0 aliphatic heterocycles. The van der Waals surface area contributed by atoms with Crippen LogP contribution in [0.15, 0.2) is 0 Å². The summed E-state index contributed by atoms with van der Waals surface area (Å²) < 4.78 is 3.84. The first-order valence-electron chi connectivity index (χ1n) is 9.82. The molecule has 0 aromatic carbocycles. The molecule has 2 aromatic heterocycles. The lowest BCUT2D eigenvalue weighted by Crippen LogP contribution is -2.39. The van der Waals surface area contributed by atoms with Crippen LogP contribution in [0.3, 0.4) is 0 Å². The number of aromatic nitrogens is 4. The largest absolute Gasteiger partial charge is 0.330 e. The molecule has 6 heteroatoms. The molecule has 1 saturated carbocycles. The van der Waals surface area contributed by atoms with Gasteiger partial charge in [0.2, 0.25) is 0 Å². The van der Waals surface area contributed by atoms with E-state index in [1.165, 1.54) is 30.5 Å². The van der Waals surface area contributed by atoms with Gasteiger partial charge in [0.05, 0.1) is 23.5 Å². The summed E-state index contributed by atoms with van der Waals surface area (Å²) in [5, 5.41) is 9.23. The molecule has 0 spiro atoms. The van der Waals surface area contributed by atoms with E-state index in [2.05, 4.69) is 10.00 Å². The number of hydrogen-bond acceptors (Lipinski definition) is 3. The molecule has 0 N–H and O–H groups in total. The van der Waals surface area contributed by atoms with E-state index in [-0.39, 0.29) is 5.91 Å². The van der Waals surface area contributed by atoms with Gasteiger partial charge in [-0.3, -0.25) is 14.2 Å². The van der Waals surface area contributed by atoms with E-state index in [0.29, 0.717) is 12.6 Å². The summed E-state index contributed by atoms with van der Waals surface area (Å²) in [7, 11) is 3.94. The summed E-state index contributed by atoms with van der Waals surface area (Å²) in [5.41, 5.74) is 6.37. The maximum absolute atomic E-state index is 13.5. The van der Waals surface area contributed by atoms with E-state index in [1.54, 1.807) is 0 Å². The Hall–Kier alpha value is -2.11. The summed E-state index contributed by atoms with van der Waals surface area (Å²) in [6, 6.07) is 0.320. The molecular weight excluding hydrogens is 326 g/mol. The minimum Gasteiger partial charge on any atom is -0.330 e. The van der Waals surface area contributed by atoms with E-state index in [4.69, 9.17) is 5.10 Å². The molecule has 6 nitrogen and oxygen atoms in total. The van der Waals surface area contributed by atoms with Crippen LogP contribution in [0.5, 0.6) is 0 Å². The Bertz CT molecular complexity index is 841. The monoisotopic (exact) mass is 355 g/mol. The Morgan fingerprint density at radius 2 is 1.81 bits per heavy atom. The second kappa shape index (κ2) is 6.56. The molecule has 4 rings (SSSR count). The summed E-state index contributed by atoms with van der Waals surface area (Å²) in [6.07, 6.45) is 8.01. The first kappa shape index (κ1) is 17.3. The Kier molecular flexibility index (Phi) is 4.37. The van der Waals surface area contributed by atoms with Crippen molar-refractivity contribution in [2.75, 3.05) is 0 Å². The molecule has 26 heavy (non-hydrogen) atoms. The van der Waals surface area contributed by atoms with Crippen molar-refractivity contribution in [2.24, 2.45) is 14.1 Å². The number of hydrogen-bond donors (Lipinski definition) is 0. The van der Waals surface area contributed by atoms with Gasteiger partial charge in [-0.15, -0.1) is 0 Å². The molecule has 2 aromatic rings. The number of fused-ring (bicyclic) bond motifs is 1. The highest BCUT2D eigenvalue weighted by Crippen LogP contribution is 2.31. The fourth-order valence-electron chi connectivity index (χ4n) is 4.80. The molecule has 0 atom stereocenters. The van der Waals surface area contributed by atoms with Crippen molar-refractivity contribution >= 4 is 5.91 Å². The topological polar surface area (TPSA) is 56.0 Å². The molecule has 2 aliphatic carbocycles. The maximum atomic E-state index is 13.5. The lowest BCUT2D eigenvalue weighted by Gasteiger charge is -2.29. The summed E-state index contributed by atoms with van der Waals surface area (Å²) in [6.45, 7) is 4.55. The van der Waals surface area contributed by atoms with E-state index < -0.39 is 0 Å². The Morgan fingerprint density at radius 1 is 1.08 bits per heavy atom. The van der Waals surface area contributed by atoms with Crippen LogP contribution in [0.1, 0.15) is 70.8 Å². The molecule has 2 heterocycles. The third-order valence-corrected chi connectivity index (χ3v) is 6.27. The molecule has 2 aliphatic rings. The lowest BCUT2D eigenvalue weighted by molar-refractivity contribution is 0.0659. The number of carbonyl (C=O) groups excluding carboxylic acids is 1. The van der Waals surface area contributed by atoms with Gasteiger partial charge in [-0.1, -0.05) is 12.8 Å². The van der Waals surface area contributed by atoms with E-state index >= 15 is 0 Å². The van der Waals surface area contributed by atoms with Gasteiger partial charge in [-0.2, -0.15) is 10.2 Å². The predicted octanol–water partition coefficient (Wildman–Crippen LogP) is 2.84. The highest BCUT2D eigenvalue weighted by Gasteiger charge is 2.32. The summed E-state index contributed by atoms with van der Waals surface area (Å²) in [4.78, 5) is 15.6. The van der Waals surface area contributed by atoms with Crippen LogP contribution in [0.25, 0.3) is 0 Å². The molecule has 0 bridgehead atoms. The highest BCUT2D eigenvalue weighted by molar-refractivity contribution is 5.96. The van der Waals surface area contributed by atoms with Crippen molar-refractivity contribution in [3.8, 4) is 0 Å². The third-order valence-electron chi connectivity index (χ3n) is 6.27. The van der Waals surface area contributed by atoms with Crippen molar-refractivity contribution in [3.05, 3.63) is 33.9 Å². The second-order valence-electron chi connectivity index (χ2n) is 7.89. The Labute approximate surface area is 155 Å². The van der Waals surface area contributed by atoms with Crippen molar-refractivity contribution in [1.29, 1.82) is 0 Å². The molecular formula is C20H29N5O. The molecule has 1 amide bonds. The fraction of sp³-hybridized carbons (Fsp3) is 0.650. The number of carbonyl (C=O) groups is 1. The zero-order valence-corrected chi connectivity index (χ0v) is 16.4. The minimum absolute atomic E-state index is 0.123. The van der Waals surface area contributed by atoms with Gasteiger partial charge in [0.1, 0.15) is 0 Å². The van der Waals surface area contributed by atoms with Gasteiger partial charge in [0, 0.05) is 31.5 Å². The molecule has 0 saturated heterocycles. The van der Waals surface area contributed by atoms with Gasteiger partial charge < -0.3 is 4.90 Å². The van der Waals surface area contributed by atoms with Crippen molar-refractivity contribution in [1.82, 2.24) is 24.5 Å². The average Bonchev–Trinajstić information content (AvgIpc) is 3.35. The lowest BCUT2D eigenvalue weighted by atomic mass is 10.1. The van der Waals surface area contributed by atoms with Crippen LogP contribution < -0.4 is 0 Å². The smallest absolute Gasteiger partial charge is 0.258 e. The van der Waals surface area contributed by atoms with Crippen LogP contribution in [-0.2, 0) is 33.5 Å². The zero-order chi connectivity index (χ0) is 18.4. The van der Waals surface area contributed by atoms with Gasteiger partial charge in [0.15, 0.2) is 0 Å². The van der Waals surface area contributed by atoms with Crippen LogP contribution in [0.4, 0.5) is 0 Å². The van der Waals surface area contributed by atoms with Crippen molar-refractivity contribution in [2.45, 2.75) is 71.4 Å². The standard InChI is InChI=1S/C20H29N5O/c1-13-19(14(2)23(3)21-13)20(26)25(15-8-5-6-9-15)12-17-16-10-7-11-18(16)24(4)22-17/h15H,5-12H2,1-4H3. The maximum Gasteiger partial charge on any atom is 0.258 e. The Morgan fingerprint density at radius 3 is 2.46 bits per heavy atom. The van der Waals surface area contributed by atoms with Crippen LogP contribution >= 0.6 is 0 Å². The second-order valence-corrected chi connectivity index (χ2v) is 7.89. The number of aryl methyl sites for hydroxylation is 3. The number of nitrogens with zero attached hydrogens (tertiary/aromatic N) is 5. The van der Waals surface area contributed by atoms with Gasteiger partial charge in [-0.25, -0.2) is 0 Å². The number of rotatable bonds is 4. The fourth-order valence-corrected chi connectivity index (χ4v) is 4.80. The normalized spacial score (nSPS) is 17.1. The molecule has 140 valence electrons. The minimum atomic E-state index is 0.123. The van der Waals surface area contributed by atoms with Crippen molar-refractivity contribution < 1.29 is 4.79 Å². The van der Waals surface area contributed by atoms with Crippen LogP contribution in [0.2, 0.25) is 0 Å². The molecule has 0 unspecified atom stereocenters. The number of amides is 1. The average molecular weight is 355 g/mol. The first-order valence-corrected chi connectivity index (χ1v) is 9.82. The first-order chi connectivity index (χ1) is 12.5. The zero-order valence-electron chi connectivity index (χ0n) is 16.4. The van der Waals surface area contributed by atoms with E-state index in [9.17, 15) is 4.79 Å². The summed E-state index contributed by atoms with van der Waals surface area (Å²) in [5.74, 6) is 0.123. The molecule has 0 radical (unpaired) electrons. The van der Waals surface area contributed by atoms with Crippen molar-refractivity contribution in [3.63, 3.8) is 0 Å². The van der Waals surface area contributed by atoms with E-state index in [0.717, 1.165) is 48.3 Å².